The van der Waals surface area contributed by atoms with Crippen molar-refractivity contribution in [1.82, 2.24) is 10.2 Å². The first-order chi connectivity index (χ1) is 7.22. The predicted octanol–water partition coefficient (Wildman–Crippen LogP) is 1.47. The maximum absolute atomic E-state index is 10.0. The molecule has 0 amide bonds. The lowest BCUT2D eigenvalue weighted by molar-refractivity contribution is -0.00718. The Morgan fingerprint density at radius 1 is 1.19 bits per heavy atom. The molecule has 0 atom stereocenters. The van der Waals surface area contributed by atoms with Gasteiger partial charge in [-0.2, -0.15) is 0 Å². The highest BCUT2D eigenvalue weighted by Crippen LogP contribution is 2.22. The molecule has 0 unspecified atom stereocenters. The Bertz CT molecular complexity index is 212. The maximum atomic E-state index is 10.0. The van der Waals surface area contributed by atoms with E-state index in [2.05, 4.69) is 31.1 Å². The minimum Gasteiger partial charge on any atom is -0.389 e. The van der Waals surface area contributed by atoms with Crippen molar-refractivity contribution in [2.75, 3.05) is 26.7 Å². The van der Waals surface area contributed by atoms with Crippen LogP contribution in [0, 0.1) is 5.92 Å². The summed E-state index contributed by atoms with van der Waals surface area (Å²) in [5.74, 6) is 0.762. The van der Waals surface area contributed by atoms with E-state index in [4.69, 9.17) is 0 Å². The van der Waals surface area contributed by atoms with Crippen LogP contribution in [0.5, 0.6) is 0 Å². The molecular formula is C13H28N2O. The topological polar surface area (TPSA) is 35.5 Å². The van der Waals surface area contributed by atoms with E-state index in [-0.39, 0.29) is 5.54 Å². The van der Waals surface area contributed by atoms with E-state index in [1.807, 2.05) is 13.8 Å². The summed E-state index contributed by atoms with van der Waals surface area (Å²) in [6, 6.07) is 0. The number of hydrogen-bond donors (Lipinski definition) is 2. The number of hydrogen-bond acceptors (Lipinski definition) is 3. The van der Waals surface area contributed by atoms with Crippen LogP contribution in [0.3, 0.4) is 0 Å². The van der Waals surface area contributed by atoms with Crippen LogP contribution in [0.15, 0.2) is 0 Å². The van der Waals surface area contributed by atoms with Crippen LogP contribution in [0.4, 0.5) is 0 Å². The quantitative estimate of drug-likeness (QED) is 0.765. The lowest BCUT2D eigenvalue weighted by atomic mass is 9.85. The molecule has 0 aromatic heterocycles. The number of likely N-dealkylation sites (tertiary alicyclic amines) is 1. The highest BCUT2D eigenvalue weighted by atomic mass is 16.3. The Morgan fingerprint density at radius 2 is 1.69 bits per heavy atom. The summed E-state index contributed by atoms with van der Waals surface area (Å²) in [5, 5.41) is 13.6. The molecule has 1 saturated heterocycles. The highest BCUT2D eigenvalue weighted by Gasteiger charge is 2.35. The molecular weight excluding hydrogens is 200 g/mol. The monoisotopic (exact) mass is 228 g/mol. The van der Waals surface area contributed by atoms with Gasteiger partial charge in [-0.05, 0) is 73.1 Å². The van der Waals surface area contributed by atoms with Crippen molar-refractivity contribution in [3.8, 4) is 0 Å². The molecule has 0 spiro atoms. The molecule has 1 fully saturated rings. The third kappa shape index (κ3) is 3.72. The van der Waals surface area contributed by atoms with Crippen LogP contribution >= 0.6 is 0 Å². The molecule has 3 heteroatoms. The van der Waals surface area contributed by atoms with Crippen LogP contribution < -0.4 is 5.32 Å². The predicted molar refractivity (Wildman–Crippen MR) is 68.6 cm³/mol. The molecule has 2 N–H and O–H groups in total. The summed E-state index contributed by atoms with van der Waals surface area (Å²) in [5.41, 5.74) is -0.908. The number of nitrogens with one attached hydrogen (secondary N) is 1. The van der Waals surface area contributed by atoms with Gasteiger partial charge < -0.3 is 15.3 Å². The molecule has 1 aliphatic heterocycles. The van der Waals surface area contributed by atoms with E-state index >= 15 is 0 Å². The molecule has 0 bridgehead atoms. The first kappa shape index (κ1) is 13.9. The fourth-order valence-corrected chi connectivity index (χ4v) is 1.88. The summed E-state index contributed by atoms with van der Waals surface area (Å²) in [4.78, 5) is 2.39. The van der Waals surface area contributed by atoms with E-state index in [9.17, 15) is 5.11 Å². The summed E-state index contributed by atoms with van der Waals surface area (Å²) in [7, 11) is 2.18. The van der Waals surface area contributed by atoms with E-state index in [0.717, 1.165) is 12.5 Å². The van der Waals surface area contributed by atoms with Crippen LogP contribution in [-0.4, -0.2) is 47.8 Å². The molecule has 0 aliphatic carbocycles. The number of aliphatic hydroxyl groups is 1. The lowest BCUT2D eigenvalue weighted by Gasteiger charge is -2.40. The Kier molecular flexibility index (Phi) is 4.38. The minimum absolute atomic E-state index is 0.226. The van der Waals surface area contributed by atoms with Crippen LogP contribution in [0.1, 0.15) is 40.5 Å². The SMILES string of the molecule is CN1CCC(CNC(C)(C)C(C)(C)O)CC1. The summed E-state index contributed by atoms with van der Waals surface area (Å²) in [6.07, 6.45) is 2.54. The normalized spacial score (nSPS) is 21.4. The van der Waals surface area contributed by atoms with Gasteiger partial charge in [0.25, 0.3) is 0 Å². The Hall–Kier alpha value is -0.120. The van der Waals surface area contributed by atoms with Gasteiger partial charge in [-0.1, -0.05) is 0 Å². The van der Waals surface area contributed by atoms with Crippen LogP contribution in [-0.2, 0) is 0 Å². The van der Waals surface area contributed by atoms with Crippen molar-refractivity contribution in [3.63, 3.8) is 0 Å². The average molecular weight is 228 g/mol. The van der Waals surface area contributed by atoms with Crippen molar-refractivity contribution in [1.29, 1.82) is 0 Å². The third-order valence-electron chi connectivity index (χ3n) is 4.20. The molecule has 3 nitrogen and oxygen atoms in total. The highest BCUT2D eigenvalue weighted by molar-refractivity contribution is 4.93. The van der Waals surface area contributed by atoms with Gasteiger partial charge in [0.2, 0.25) is 0 Å². The van der Waals surface area contributed by atoms with E-state index in [1.54, 1.807) is 0 Å². The second kappa shape index (κ2) is 5.03. The number of nitrogens with zero attached hydrogens (tertiary/aromatic N) is 1. The van der Waals surface area contributed by atoms with Gasteiger partial charge in [0.05, 0.1) is 5.60 Å². The first-order valence-electron chi connectivity index (χ1n) is 6.38. The molecule has 1 rings (SSSR count). The van der Waals surface area contributed by atoms with Crippen molar-refractivity contribution < 1.29 is 5.11 Å². The second-order valence-electron chi connectivity index (χ2n) is 6.31. The summed E-state index contributed by atoms with van der Waals surface area (Å²) >= 11 is 0. The van der Waals surface area contributed by atoms with Crippen LogP contribution in [0.25, 0.3) is 0 Å². The Labute approximate surface area is 100 Å². The number of rotatable bonds is 4. The fraction of sp³-hybridized carbons (Fsp3) is 1.00. The van der Waals surface area contributed by atoms with Gasteiger partial charge in [-0.3, -0.25) is 0 Å². The van der Waals surface area contributed by atoms with E-state index in [1.165, 1.54) is 25.9 Å². The molecule has 1 heterocycles. The van der Waals surface area contributed by atoms with Gasteiger partial charge in [0, 0.05) is 5.54 Å². The minimum atomic E-state index is -0.682. The zero-order valence-electron chi connectivity index (χ0n) is 11.5. The van der Waals surface area contributed by atoms with Gasteiger partial charge in [-0.15, -0.1) is 0 Å². The maximum Gasteiger partial charge on any atom is 0.0767 e. The van der Waals surface area contributed by atoms with Crippen molar-refractivity contribution in [2.24, 2.45) is 5.92 Å². The zero-order chi connectivity index (χ0) is 12.4. The molecule has 16 heavy (non-hydrogen) atoms. The molecule has 0 saturated carbocycles. The molecule has 1 aliphatic rings. The molecule has 0 radical (unpaired) electrons. The van der Waals surface area contributed by atoms with Crippen molar-refractivity contribution in [2.45, 2.75) is 51.7 Å². The first-order valence-corrected chi connectivity index (χ1v) is 6.38. The van der Waals surface area contributed by atoms with E-state index < -0.39 is 5.60 Å². The Morgan fingerprint density at radius 3 is 2.12 bits per heavy atom. The van der Waals surface area contributed by atoms with Crippen LogP contribution in [0.2, 0.25) is 0 Å². The molecule has 0 aromatic rings. The van der Waals surface area contributed by atoms with E-state index in [0.29, 0.717) is 0 Å². The second-order valence-corrected chi connectivity index (χ2v) is 6.31. The van der Waals surface area contributed by atoms with Crippen molar-refractivity contribution >= 4 is 0 Å². The standard InChI is InChI=1S/C13H28N2O/c1-12(2,13(3,4)16)14-10-11-6-8-15(5)9-7-11/h11,14,16H,6-10H2,1-5H3. The zero-order valence-corrected chi connectivity index (χ0v) is 11.5. The van der Waals surface area contributed by atoms with Gasteiger partial charge in [0.1, 0.15) is 0 Å². The fourth-order valence-electron chi connectivity index (χ4n) is 1.88. The largest absolute Gasteiger partial charge is 0.389 e. The molecule has 0 aromatic carbocycles. The van der Waals surface area contributed by atoms with Crippen molar-refractivity contribution in [3.05, 3.63) is 0 Å². The van der Waals surface area contributed by atoms with Gasteiger partial charge in [-0.25, -0.2) is 0 Å². The third-order valence-corrected chi connectivity index (χ3v) is 4.20. The number of piperidine rings is 1. The smallest absolute Gasteiger partial charge is 0.0767 e. The Balaban J connectivity index is 2.34. The lowest BCUT2D eigenvalue weighted by Crippen LogP contribution is -2.57. The average Bonchev–Trinajstić information content (AvgIpc) is 2.15. The summed E-state index contributed by atoms with van der Waals surface area (Å²) < 4.78 is 0. The van der Waals surface area contributed by atoms with Gasteiger partial charge >= 0.3 is 0 Å². The van der Waals surface area contributed by atoms with Gasteiger partial charge in [0.15, 0.2) is 0 Å². The summed E-state index contributed by atoms with van der Waals surface area (Å²) in [6.45, 7) is 11.3. The molecule has 96 valence electrons.